The molecule has 2 rings (SSSR count). The number of alkyl halides is 6. The van der Waals surface area contributed by atoms with Gasteiger partial charge in [-0.2, -0.15) is 26.3 Å². The largest absolute Gasteiger partial charge is 0.493 e. The van der Waals surface area contributed by atoms with E-state index in [0.29, 0.717) is 17.3 Å². The van der Waals surface area contributed by atoms with Gasteiger partial charge in [-0.1, -0.05) is 6.07 Å². The van der Waals surface area contributed by atoms with Crippen molar-refractivity contribution in [3.05, 3.63) is 53.1 Å². The summed E-state index contributed by atoms with van der Waals surface area (Å²) in [6.07, 6.45) is -9.48. The van der Waals surface area contributed by atoms with Crippen molar-refractivity contribution in [3.63, 3.8) is 0 Å². The van der Waals surface area contributed by atoms with Crippen LogP contribution in [0.25, 0.3) is 0 Å². The summed E-state index contributed by atoms with van der Waals surface area (Å²) in [7, 11) is 1.31. The minimum Gasteiger partial charge on any atom is -0.493 e. The molecular weight excluding hydrogens is 438 g/mol. The van der Waals surface area contributed by atoms with Crippen LogP contribution in [0.2, 0.25) is 0 Å². The zero-order valence-electron chi connectivity index (χ0n) is 15.4. The summed E-state index contributed by atoms with van der Waals surface area (Å²) in [5.74, 6) is -2.61. The SMILES string of the molecule is COc1ccc(CC(=O)O)cc1Oc1ccc(C(F)(F)F)cc1CSCC(F)(F)F. The molecule has 0 aliphatic carbocycles. The summed E-state index contributed by atoms with van der Waals surface area (Å²) in [5.41, 5.74) is -0.771. The van der Waals surface area contributed by atoms with E-state index >= 15 is 0 Å². The van der Waals surface area contributed by atoms with E-state index < -0.39 is 29.6 Å². The number of hydrogen-bond acceptors (Lipinski definition) is 4. The first-order valence-corrected chi connectivity index (χ1v) is 9.45. The van der Waals surface area contributed by atoms with E-state index in [9.17, 15) is 31.1 Å². The molecule has 0 amide bonds. The maximum absolute atomic E-state index is 13.0. The van der Waals surface area contributed by atoms with Gasteiger partial charge in [-0.05, 0) is 35.9 Å². The molecule has 4 nitrogen and oxygen atoms in total. The summed E-state index contributed by atoms with van der Waals surface area (Å²) in [6.45, 7) is 0. The van der Waals surface area contributed by atoms with Gasteiger partial charge in [0.15, 0.2) is 11.5 Å². The lowest BCUT2D eigenvalue weighted by molar-refractivity contribution is -0.138. The second-order valence-corrected chi connectivity index (χ2v) is 7.07. The smallest absolute Gasteiger partial charge is 0.416 e. The van der Waals surface area contributed by atoms with Crippen molar-refractivity contribution >= 4 is 17.7 Å². The Hall–Kier alpha value is -2.56. The fourth-order valence-electron chi connectivity index (χ4n) is 2.45. The van der Waals surface area contributed by atoms with Crippen LogP contribution in [0.4, 0.5) is 26.3 Å². The monoisotopic (exact) mass is 454 g/mol. The summed E-state index contributed by atoms with van der Waals surface area (Å²) in [5, 5.41) is 8.91. The van der Waals surface area contributed by atoms with Crippen LogP contribution in [0.1, 0.15) is 16.7 Å². The first kappa shape index (κ1) is 23.7. The van der Waals surface area contributed by atoms with Crippen LogP contribution in [-0.2, 0) is 23.1 Å². The quantitative estimate of drug-likeness (QED) is 0.501. The van der Waals surface area contributed by atoms with Crippen molar-refractivity contribution in [3.8, 4) is 17.2 Å². The van der Waals surface area contributed by atoms with E-state index in [1.807, 2.05) is 0 Å². The van der Waals surface area contributed by atoms with Gasteiger partial charge in [0.1, 0.15) is 5.75 Å². The third-order valence-corrected chi connectivity index (χ3v) is 4.76. The highest BCUT2D eigenvalue weighted by molar-refractivity contribution is 7.98. The number of methoxy groups -OCH3 is 1. The molecule has 0 fully saturated rings. The molecular formula is C19H16F6O4S. The highest BCUT2D eigenvalue weighted by Crippen LogP contribution is 2.39. The van der Waals surface area contributed by atoms with Crippen LogP contribution in [0, 0.1) is 0 Å². The first-order valence-electron chi connectivity index (χ1n) is 8.30. The maximum atomic E-state index is 13.0. The predicted octanol–water partition coefficient (Wildman–Crippen LogP) is 5.93. The van der Waals surface area contributed by atoms with Crippen LogP contribution < -0.4 is 9.47 Å². The molecule has 0 aliphatic heterocycles. The van der Waals surface area contributed by atoms with Crippen LogP contribution >= 0.6 is 11.8 Å². The van der Waals surface area contributed by atoms with Crippen molar-refractivity contribution in [2.45, 2.75) is 24.5 Å². The van der Waals surface area contributed by atoms with E-state index in [4.69, 9.17) is 14.6 Å². The standard InChI is InChI=1S/C19H16F6O4S/c1-28-15-4-2-11(7-17(26)27)6-16(15)29-14-5-3-13(19(23,24)25)8-12(14)9-30-10-18(20,21)22/h2-6,8H,7,9-10H2,1H3,(H,26,27). The first-order chi connectivity index (χ1) is 13.9. The lowest BCUT2D eigenvalue weighted by Crippen LogP contribution is -2.11. The number of benzene rings is 2. The molecule has 0 bridgehead atoms. The molecule has 0 heterocycles. The lowest BCUT2D eigenvalue weighted by atomic mass is 10.1. The summed E-state index contributed by atoms with van der Waals surface area (Å²) < 4.78 is 87.1. The molecule has 30 heavy (non-hydrogen) atoms. The molecule has 0 atom stereocenters. The van der Waals surface area contributed by atoms with Gasteiger partial charge in [0.25, 0.3) is 0 Å². The molecule has 0 aliphatic rings. The number of carboxylic acid groups (broad SMARTS) is 1. The van der Waals surface area contributed by atoms with Crippen molar-refractivity contribution < 1.29 is 45.7 Å². The van der Waals surface area contributed by atoms with E-state index in [1.54, 1.807) is 0 Å². The number of hydrogen-bond donors (Lipinski definition) is 1. The molecule has 0 spiro atoms. The molecule has 1 N–H and O–H groups in total. The Kier molecular flexibility index (Phi) is 7.51. The van der Waals surface area contributed by atoms with Gasteiger partial charge in [-0.15, -0.1) is 11.8 Å². The van der Waals surface area contributed by atoms with E-state index in [2.05, 4.69) is 0 Å². The zero-order chi connectivity index (χ0) is 22.5. The summed E-state index contributed by atoms with van der Waals surface area (Å²) in [4.78, 5) is 10.9. The Bertz CT molecular complexity index is 896. The van der Waals surface area contributed by atoms with Crippen LogP contribution in [0.3, 0.4) is 0 Å². The topological polar surface area (TPSA) is 55.8 Å². The Morgan fingerprint density at radius 1 is 1.00 bits per heavy atom. The molecule has 0 saturated heterocycles. The molecule has 0 unspecified atom stereocenters. The molecule has 2 aromatic rings. The second kappa shape index (κ2) is 9.50. The number of carboxylic acids is 1. The van der Waals surface area contributed by atoms with Gasteiger partial charge in [0, 0.05) is 11.3 Å². The van der Waals surface area contributed by atoms with E-state index in [1.165, 1.54) is 25.3 Å². The number of ether oxygens (including phenoxy) is 2. The number of rotatable bonds is 8. The Labute approximate surface area is 171 Å². The summed E-state index contributed by atoms with van der Waals surface area (Å²) in [6, 6.07) is 6.74. The Balaban J connectivity index is 2.38. The molecule has 0 aromatic heterocycles. The highest BCUT2D eigenvalue weighted by atomic mass is 32.2. The van der Waals surface area contributed by atoms with Gasteiger partial charge in [-0.3, -0.25) is 4.79 Å². The third-order valence-electron chi connectivity index (χ3n) is 3.71. The van der Waals surface area contributed by atoms with E-state index in [-0.39, 0.29) is 35.0 Å². The molecule has 11 heteroatoms. The van der Waals surface area contributed by atoms with Crippen LogP contribution in [-0.4, -0.2) is 30.1 Å². The fraction of sp³-hybridized carbons (Fsp3) is 0.316. The minimum atomic E-state index is -4.68. The molecule has 0 radical (unpaired) electrons. The normalized spacial score (nSPS) is 12.0. The number of carbonyl (C=O) groups is 1. The Morgan fingerprint density at radius 2 is 1.67 bits per heavy atom. The molecule has 2 aromatic carbocycles. The lowest BCUT2D eigenvalue weighted by Gasteiger charge is -2.17. The van der Waals surface area contributed by atoms with Crippen LogP contribution in [0.15, 0.2) is 36.4 Å². The van der Waals surface area contributed by atoms with Crippen molar-refractivity contribution in [2.24, 2.45) is 0 Å². The van der Waals surface area contributed by atoms with Gasteiger partial charge < -0.3 is 14.6 Å². The summed E-state index contributed by atoms with van der Waals surface area (Å²) >= 11 is 0.398. The van der Waals surface area contributed by atoms with Crippen molar-refractivity contribution in [1.82, 2.24) is 0 Å². The van der Waals surface area contributed by atoms with Crippen molar-refractivity contribution in [1.29, 1.82) is 0 Å². The predicted molar refractivity (Wildman–Crippen MR) is 98.1 cm³/mol. The average molecular weight is 454 g/mol. The van der Waals surface area contributed by atoms with E-state index in [0.717, 1.165) is 18.2 Å². The number of halogens is 6. The second-order valence-electron chi connectivity index (χ2n) is 6.09. The van der Waals surface area contributed by atoms with Gasteiger partial charge in [-0.25, -0.2) is 0 Å². The molecule has 0 saturated carbocycles. The average Bonchev–Trinajstić information content (AvgIpc) is 2.61. The van der Waals surface area contributed by atoms with Crippen LogP contribution in [0.5, 0.6) is 17.2 Å². The Morgan fingerprint density at radius 3 is 2.23 bits per heavy atom. The molecule has 164 valence electrons. The van der Waals surface area contributed by atoms with Gasteiger partial charge in [0.05, 0.1) is 24.8 Å². The van der Waals surface area contributed by atoms with Gasteiger partial charge >= 0.3 is 18.3 Å². The third kappa shape index (κ3) is 7.05. The fourth-order valence-corrected chi connectivity index (χ4v) is 3.23. The zero-order valence-corrected chi connectivity index (χ0v) is 16.2. The maximum Gasteiger partial charge on any atom is 0.416 e. The number of thioether (sulfide) groups is 1. The van der Waals surface area contributed by atoms with Gasteiger partial charge in [0.2, 0.25) is 0 Å². The highest BCUT2D eigenvalue weighted by Gasteiger charge is 2.32. The number of aliphatic carboxylic acids is 1. The minimum absolute atomic E-state index is 0.0260. The van der Waals surface area contributed by atoms with Crippen molar-refractivity contribution in [2.75, 3.05) is 12.9 Å².